The van der Waals surface area contributed by atoms with Gasteiger partial charge in [-0.15, -0.1) is 0 Å². The monoisotopic (exact) mass is 292 g/mol. The van der Waals surface area contributed by atoms with Crippen LogP contribution in [0.3, 0.4) is 0 Å². The molecular formula is C18H29OP. The van der Waals surface area contributed by atoms with Crippen LogP contribution in [0.1, 0.15) is 73.6 Å². The zero-order valence-corrected chi connectivity index (χ0v) is 14.9. The van der Waals surface area contributed by atoms with Crippen LogP contribution in [0.15, 0.2) is 0 Å². The summed E-state index contributed by atoms with van der Waals surface area (Å²) in [5.41, 5.74) is 6.18. The first-order chi connectivity index (χ1) is 9.02. The summed E-state index contributed by atoms with van der Waals surface area (Å²) in [6, 6.07) is 0. The topological polar surface area (TPSA) is 17.1 Å². The highest BCUT2D eigenvalue weighted by Crippen LogP contribution is 2.54. The minimum atomic E-state index is -2.71. The van der Waals surface area contributed by atoms with Gasteiger partial charge in [0, 0.05) is 16.5 Å². The van der Waals surface area contributed by atoms with Crippen molar-refractivity contribution in [3.63, 3.8) is 0 Å². The fourth-order valence-corrected chi connectivity index (χ4v) is 4.67. The van der Waals surface area contributed by atoms with Gasteiger partial charge < -0.3 is 0 Å². The van der Waals surface area contributed by atoms with Gasteiger partial charge in [-0.2, -0.15) is 0 Å². The van der Waals surface area contributed by atoms with Crippen molar-refractivity contribution < 1.29 is 4.57 Å². The third kappa shape index (κ3) is 6.20. The van der Waals surface area contributed by atoms with E-state index in [0.717, 1.165) is 12.8 Å². The van der Waals surface area contributed by atoms with Gasteiger partial charge in [0.2, 0.25) is 7.14 Å². The van der Waals surface area contributed by atoms with Crippen molar-refractivity contribution >= 4 is 7.14 Å². The molecule has 0 N–H and O–H groups in total. The molecule has 1 rings (SSSR count). The molecule has 20 heavy (non-hydrogen) atoms. The van der Waals surface area contributed by atoms with E-state index in [4.69, 9.17) is 0 Å². The minimum absolute atomic E-state index is 0.117. The molecule has 0 heterocycles. The lowest BCUT2D eigenvalue weighted by molar-refractivity contribution is 0.490. The summed E-state index contributed by atoms with van der Waals surface area (Å²) in [7, 11) is -2.71. The molecule has 0 aromatic rings. The second-order valence-electron chi connectivity index (χ2n) is 7.92. The maximum Gasteiger partial charge on any atom is 0.225 e. The average Bonchev–Trinajstić information content (AvgIpc) is 2.33. The molecule has 1 fully saturated rings. The number of rotatable bonds is 1. The summed E-state index contributed by atoms with van der Waals surface area (Å²) < 4.78 is 13.3. The van der Waals surface area contributed by atoms with Gasteiger partial charge in [0.1, 0.15) is 0 Å². The Balaban J connectivity index is 3.13. The van der Waals surface area contributed by atoms with Crippen LogP contribution in [0.5, 0.6) is 0 Å². The van der Waals surface area contributed by atoms with Gasteiger partial charge in [-0.1, -0.05) is 31.1 Å². The van der Waals surface area contributed by atoms with E-state index in [2.05, 4.69) is 64.7 Å². The summed E-state index contributed by atoms with van der Waals surface area (Å²) in [6.07, 6.45) is 5.64. The van der Waals surface area contributed by atoms with Crippen LogP contribution in [0, 0.1) is 34.0 Å². The van der Waals surface area contributed by atoms with Crippen LogP contribution < -0.4 is 0 Å². The number of hydrogen-bond donors (Lipinski definition) is 0. The van der Waals surface area contributed by atoms with Crippen molar-refractivity contribution in [2.75, 3.05) is 0 Å². The molecule has 0 amide bonds. The van der Waals surface area contributed by atoms with Gasteiger partial charge in [0.05, 0.1) is 0 Å². The van der Waals surface area contributed by atoms with Crippen molar-refractivity contribution in [1.82, 2.24) is 0 Å². The lowest BCUT2D eigenvalue weighted by atomic mass is 9.99. The molecule has 1 aliphatic carbocycles. The predicted octanol–water partition coefficient (Wildman–Crippen LogP) is 5.70. The van der Waals surface area contributed by atoms with E-state index >= 15 is 0 Å². The van der Waals surface area contributed by atoms with E-state index in [0.29, 0.717) is 0 Å². The minimum Gasteiger partial charge on any atom is -0.296 e. The molecule has 0 aliphatic heterocycles. The molecule has 0 atom stereocenters. The van der Waals surface area contributed by atoms with Crippen molar-refractivity contribution in [3.05, 3.63) is 0 Å². The molecule has 0 aromatic carbocycles. The van der Waals surface area contributed by atoms with Gasteiger partial charge in [-0.3, -0.25) is 4.57 Å². The van der Waals surface area contributed by atoms with Crippen molar-refractivity contribution in [3.8, 4) is 23.2 Å². The summed E-state index contributed by atoms with van der Waals surface area (Å²) in [6.45, 7) is 12.3. The first kappa shape index (κ1) is 17.4. The maximum absolute atomic E-state index is 13.3. The fraction of sp³-hybridized carbons (Fsp3) is 0.778. The van der Waals surface area contributed by atoms with Crippen molar-refractivity contribution in [1.29, 1.82) is 0 Å². The Labute approximate surface area is 125 Å². The third-order valence-electron chi connectivity index (χ3n) is 3.28. The number of hydrogen-bond acceptors (Lipinski definition) is 1. The Bertz CT molecular complexity index is 452. The normalized spacial score (nSPS) is 17.7. The molecule has 0 radical (unpaired) electrons. The van der Waals surface area contributed by atoms with Gasteiger partial charge in [0.25, 0.3) is 0 Å². The Hall–Kier alpha value is -0.650. The van der Waals surface area contributed by atoms with Gasteiger partial charge in [-0.25, -0.2) is 0 Å². The highest BCUT2D eigenvalue weighted by Gasteiger charge is 2.31. The highest BCUT2D eigenvalue weighted by atomic mass is 31.2. The Morgan fingerprint density at radius 3 is 1.55 bits per heavy atom. The van der Waals surface area contributed by atoms with E-state index in [1.165, 1.54) is 19.3 Å². The Kier molecular flexibility index (Phi) is 5.58. The molecule has 0 bridgehead atoms. The van der Waals surface area contributed by atoms with Crippen molar-refractivity contribution in [2.45, 2.75) is 79.3 Å². The average molecular weight is 292 g/mol. The first-order valence-corrected chi connectivity index (χ1v) is 9.48. The lowest BCUT2D eigenvalue weighted by Gasteiger charge is -2.24. The molecule has 2 heteroatoms. The van der Waals surface area contributed by atoms with E-state index in [1.54, 1.807) is 0 Å². The lowest BCUT2D eigenvalue weighted by Crippen LogP contribution is -2.12. The van der Waals surface area contributed by atoms with Gasteiger partial charge in [0.15, 0.2) is 0 Å². The van der Waals surface area contributed by atoms with Gasteiger partial charge in [-0.05, 0) is 65.7 Å². The molecule has 0 saturated heterocycles. The molecule has 1 nitrogen and oxygen atoms in total. The zero-order chi connectivity index (χ0) is 15.4. The maximum atomic E-state index is 13.3. The largest absolute Gasteiger partial charge is 0.296 e. The standard InChI is InChI=1S/C18H29OP/c1-17(2,3)12-14-20(19,15-13-18(4,5)6)16-10-8-7-9-11-16/h16H,7-11H2,1-6H3. The summed E-state index contributed by atoms with van der Waals surface area (Å²) in [4.78, 5) is 0. The summed E-state index contributed by atoms with van der Waals surface area (Å²) in [5, 5.41) is 0. The molecule has 1 aliphatic rings. The summed E-state index contributed by atoms with van der Waals surface area (Å²) in [5.74, 6) is 6.36. The van der Waals surface area contributed by atoms with Gasteiger partial charge >= 0.3 is 0 Å². The van der Waals surface area contributed by atoms with Crippen molar-refractivity contribution in [2.24, 2.45) is 10.8 Å². The van der Waals surface area contributed by atoms with E-state index in [-0.39, 0.29) is 16.5 Å². The van der Waals surface area contributed by atoms with E-state index in [9.17, 15) is 4.57 Å². The van der Waals surface area contributed by atoms with E-state index < -0.39 is 7.14 Å². The van der Waals surface area contributed by atoms with Crippen LogP contribution in [0.4, 0.5) is 0 Å². The quantitative estimate of drug-likeness (QED) is 0.448. The molecule has 112 valence electrons. The molecule has 0 spiro atoms. The molecule has 0 unspecified atom stereocenters. The Morgan fingerprint density at radius 2 is 1.20 bits per heavy atom. The summed E-state index contributed by atoms with van der Waals surface area (Å²) >= 11 is 0. The highest BCUT2D eigenvalue weighted by molar-refractivity contribution is 7.74. The SMILES string of the molecule is CC(C)(C)C#CP(=O)(C#CC(C)(C)C)C1CCCCC1. The first-order valence-electron chi connectivity index (χ1n) is 7.70. The fourth-order valence-electron chi connectivity index (χ4n) is 2.16. The van der Waals surface area contributed by atoms with E-state index in [1.807, 2.05) is 0 Å². The second kappa shape index (κ2) is 6.41. The predicted molar refractivity (Wildman–Crippen MR) is 88.9 cm³/mol. The molecule has 1 saturated carbocycles. The van der Waals surface area contributed by atoms with Crippen LogP contribution in [0.2, 0.25) is 0 Å². The smallest absolute Gasteiger partial charge is 0.225 e. The molecular weight excluding hydrogens is 263 g/mol. The second-order valence-corrected chi connectivity index (χ2v) is 10.4. The van der Waals surface area contributed by atoms with Crippen LogP contribution in [-0.2, 0) is 4.57 Å². The zero-order valence-electron chi connectivity index (χ0n) is 14.0. The molecule has 0 aromatic heterocycles. The third-order valence-corrected chi connectivity index (χ3v) is 5.72. The van der Waals surface area contributed by atoms with Crippen LogP contribution in [-0.4, -0.2) is 5.66 Å². The Morgan fingerprint density at radius 1 is 0.800 bits per heavy atom. The van der Waals surface area contributed by atoms with Crippen LogP contribution >= 0.6 is 7.14 Å². The van der Waals surface area contributed by atoms with Crippen LogP contribution in [0.25, 0.3) is 0 Å².